The summed E-state index contributed by atoms with van der Waals surface area (Å²) in [6.45, 7) is 1.65. The van der Waals surface area contributed by atoms with Gasteiger partial charge in [-0.3, -0.25) is 4.79 Å². The molecule has 0 bridgehead atoms. The van der Waals surface area contributed by atoms with Gasteiger partial charge in [0.2, 0.25) is 0 Å². The number of thiophene rings is 1. The molecule has 1 aliphatic heterocycles. The van der Waals surface area contributed by atoms with E-state index in [9.17, 15) is 9.90 Å². The number of nitrogens with one attached hydrogen (secondary N) is 1. The topological polar surface area (TPSA) is 65.5 Å². The molecule has 5 nitrogen and oxygen atoms in total. The van der Waals surface area contributed by atoms with Gasteiger partial charge in [0.15, 0.2) is 0 Å². The van der Waals surface area contributed by atoms with Gasteiger partial charge in [-0.1, -0.05) is 6.07 Å². The van der Waals surface area contributed by atoms with Crippen LogP contribution in [0.2, 0.25) is 0 Å². The molecule has 3 heterocycles. The minimum Gasteiger partial charge on any atom is -0.386 e. The molecule has 0 radical (unpaired) electrons. The first-order valence-electron chi connectivity index (χ1n) is 8.91. The molecule has 1 unspecified atom stereocenters. The molecule has 1 saturated heterocycles. The molecule has 1 aliphatic carbocycles. The first kappa shape index (κ1) is 16.5. The number of carbonyl (C=O) groups excluding carboxylic acids is 1. The van der Waals surface area contributed by atoms with E-state index in [1.807, 2.05) is 24.3 Å². The fourth-order valence-corrected chi connectivity index (χ4v) is 4.94. The van der Waals surface area contributed by atoms with E-state index in [0.29, 0.717) is 13.0 Å². The lowest BCUT2D eigenvalue weighted by Gasteiger charge is -2.39. The number of aryl methyl sites for hydroxylation is 2. The summed E-state index contributed by atoms with van der Waals surface area (Å²) in [6.07, 6.45) is 6.72. The second-order valence-electron chi connectivity index (χ2n) is 7.03. The van der Waals surface area contributed by atoms with Gasteiger partial charge in [-0.2, -0.15) is 0 Å². The summed E-state index contributed by atoms with van der Waals surface area (Å²) < 4.78 is 0. The largest absolute Gasteiger partial charge is 0.386 e. The Morgan fingerprint density at radius 3 is 3.08 bits per heavy atom. The van der Waals surface area contributed by atoms with Crippen molar-refractivity contribution in [3.63, 3.8) is 0 Å². The highest BCUT2D eigenvalue weighted by Gasteiger charge is 2.34. The molecule has 1 amide bonds. The van der Waals surface area contributed by atoms with Crippen molar-refractivity contribution in [1.82, 2.24) is 10.3 Å². The number of amides is 1. The molecule has 2 aliphatic rings. The number of β-amino-alcohol motifs (C(OH)–C–C–N with tert-alkyl or cyclic N) is 1. The van der Waals surface area contributed by atoms with Gasteiger partial charge in [0.05, 0.1) is 10.5 Å². The highest BCUT2D eigenvalue weighted by molar-refractivity contribution is 7.14. The van der Waals surface area contributed by atoms with Crippen LogP contribution in [0.25, 0.3) is 0 Å². The maximum absolute atomic E-state index is 12.4. The van der Waals surface area contributed by atoms with E-state index in [1.54, 1.807) is 17.5 Å². The van der Waals surface area contributed by atoms with Gasteiger partial charge in [-0.25, -0.2) is 4.98 Å². The van der Waals surface area contributed by atoms with E-state index in [0.717, 1.165) is 36.5 Å². The van der Waals surface area contributed by atoms with Gasteiger partial charge in [0.1, 0.15) is 5.82 Å². The number of hydrogen-bond acceptors (Lipinski definition) is 5. The van der Waals surface area contributed by atoms with Crippen LogP contribution < -0.4 is 10.2 Å². The summed E-state index contributed by atoms with van der Waals surface area (Å²) >= 11 is 1.60. The SMILES string of the molecule is O=C(NCC1(O)CCCN(c2ccccn2)C1)c1cc2c(s1)CCC2. The van der Waals surface area contributed by atoms with Crippen LogP contribution in [0.3, 0.4) is 0 Å². The predicted octanol–water partition coefficient (Wildman–Crippen LogP) is 2.39. The Labute approximate surface area is 151 Å². The third kappa shape index (κ3) is 3.55. The van der Waals surface area contributed by atoms with Gasteiger partial charge < -0.3 is 15.3 Å². The van der Waals surface area contributed by atoms with Crippen molar-refractivity contribution in [2.75, 3.05) is 24.5 Å². The van der Waals surface area contributed by atoms with Crippen LogP contribution in [0.1, 0.15) is 39.4 Å². The van der Waals surface area contributed by atoms with E-state index in [4.69, 9.17) is 0 Å². The van der Waals surface area contributed by atoms with E-state index >= 15 is 0 Å². The minimum absolute atomic E-state index is 0.0669. The number of piperidine rings is 1. The zero-order chi connectivity index (χ0) is 17.3. The number of rotatable bonds is 4. The van der Waals surface area contributed by atoms with Crippen LogP contribution in [0.4, 0.5) is 5.82 Å². The molecule has 0 saturated carbocycles. The van der Waals surface area contributed by atoms with E-state index < -0.39 is 5.60 Å². The molecular formula is C19H23N3O2S. The van der Waals surface area contributed by atoms with Crippen LogP contribution in [-0.4, -0.2) is 41.2 Å². The molecule has 0 aromatic carbocycles. The quantitative estimate of drug-likeness (QED) is 0.882. The normalized spacial score (nSPS) is 22.7. The van der Waals surface area contributed by atoms with Crippen LogP contribution in [-0.2, 0) is 12.8 Å². The molecule has 1 atom stereocenters. The monoisotopic (exact) mass is 357 g/mol. The number of nitrogens with zero attached hydrogens (tertiary/aromatic N) is 2. The number of carbonyl (C=O) groups is 1. The third-order valence-corrected chi connectivity index (χ3v) is 6.31. The highest BCUT2D eigenvalue weighted by Crippen LogP contribution is 2.30. The predicted molar refractivity (Wildman–Crippen MR) is 99.3 cm³/mol. The number of fused-ring (bicyclic) bond motifs is 1. The van der Waals surface area contributed by atoms with Crippen molar-refractivity contribution in [2.24, 2.45) is 0 Å². The Balaban J connectivity index is 1.38. The average molecular weight is 357 g/mol. The first-order valence-corrected chi connectivity index (χ1v) is 9.73. The van der Waals surface area contributed by atoms with E-state index in [-0.39, 0.29) is 12.5 Å². The Bertz CT molecular complexity index is 740. The van der Waals surface area contributed by atoms with E-state index in [2.05, 4.69) is 15.2 Å². The van der Waals surface area contributed by atoms with Crippen molar-refractivity contribution < 1.29 is 9.90 Å². The van der Waals surface area contributed by atoms with Gasteiger partial charge in [-0.05, 0) is 55.9 Å². The Morgan fingerprint density at radius 2 is 2.28 bits per heavy atom. The molecular weight excluding hydrogens is 334 g/mol. The van der Waals surface area contributed by atoms with Crippen LogP contribution in [0.5, 0.6) is 0 Å². The lowest BCUT2D eigenvalue weighted by Crippen LogP contribution is -2.54. The lowest BCUT2D eigenvalue weighted by atomic mass is 9.92. The van der Waals surface area contributed by atoms with Crippen molar-refractivity contribution in [3.8, 4) is 0 Å². The number of hydrogen-bond donors (Lipinski definition) is 2. The smallest absolute Gasteiger partial charge is 0.261 e. The zero-order valence-corrected chi connectivity index (χ0v) is 15.0. The molecule has 2 N–H and O–H groups in total. The fraction of sp³-hybridized carbons (Fsp3) is 0.474. The molecule has 4 rings (SSSR count). The van der Waals surface area contributed by atoms with Gasteiger partial charge in [0, 0.05) is 30.7 Å². The summed E-state index contributed by atoms with van der Waals surface area (Å²) in [7, 11) is 0. The van der Waals surface area contributed by atoms with Crippen molar-refractivity contribution in [2.45, 2.75) is 37.7 Å². The van der Waals surface area contributed by atoms with Crippen LogP contribution >= 0.6 is 11.3 Å². The summed E-state index contributed by atoms with van der Waals surface area (Å²) in [5.74, 6) is 0.810. The highest BCUT2D eigenvalue weighted by atomic mass is 32.1. The molecule has 2 aromatic rings. The average Bonchev–Trinajstić information content (AvgIpc) is 3.23. The van der Waals surface area contributed by atoms with Gasteiger partial charge in [0.25, 0.3) is 5.91 Å². The maximum Gasteiger partial charge on any atom is 0.261 e. The number of aromatic nitrogens is 1. The molecule has 25 heavy (non-hydrogen) atoms. The standard InChI is InChI=1S/C19H23N3O2S/c23-18(16-11-14-5-3-6-15(14)25-16)21-12-19(24)8-4-10-22(13-19)17-7-1-2-9-20-17/h1-2,7,9,11,24H,3-6,8,10,12-13H2,(H,21,23). The number of pyridine rings is 1. The Kier molecular flexibility index (Phi) is 4.48. The summed E-state index contributed by atoms with van der Waals surface area (Å²) in [4.78, 5) is 21.0. The number of aliphatic hydroxyl groups is 1. The maximum atomic E-state index is 12.4. The minimum atomic E-state index is -0.911. The Hall–Kier alpha value is -1.92. The molecule has 6 heteroatoms. The van der Waals surface area contributed by atoms with E-state index in [1.165, 1.54) is 16.9 Å². The van der Waals surface area contributed by atoms with Crippen molar-refractivity contribution >= 4 is 23.1 Å². The lowest BCUT2D eigenvalue weighted by molar-refractivity contribution is 0.0255. The summed E-state index contributed by atoms with van der Waals surface area (Å²) in [6, 6.07) is 7.82. The summed E-state index contributed by atoms with van der Waals surface area (Å²) in [5.41, 5.74) is 0.415. The zero-order valence-electron chi connectivity index (χ0n) is 14.2. The van der Waals surface area contributed by atoms with Gasteiger partial charge in [-0.15, -0.1) is 11.3 Å². The van der Waals surface area contributed by atoms with Gasteiger partial charge >= 0.3 is 0 Å². The van der Waals surface area contributed by atoms with Crippen molar-refractivity contribution in [3.05, 3.63) is 45.8 Å². The molecule has 2 aromatic heterocycles. The summed E-state index contributed by atoms with van der Waals surface area (Å²) in [5, 5.41) is 13.9. The van der Waals surface area contributed by atoms with Crippen LogP contribution in [0.15, 0.2) is 30.5 Å². The van der Waals surface area contributed by atoms with Crippen molar-refractivity contribution in [1.29, 1.82) is 0 Å². The second-order valence-corrected chi connectivity index (χ2v) is 8.17. The molecule has 1 fully saturated rings. The second kappa shape index (κ2) is 6.77. The Morgan fingerprint density at radius 1 is 1.36 bits per heavy atom. The first-order chi connectivity index (χ1) is 12.1. The number of anilines is 1. The molecule has 132 valence electrons. The van der Waals surface area contributed by atoms with Crippen LogP contribution in [0, 0.1) is 0 Å². The fourth-order valence-electron chi connectivity index (χ4n) is 3.77. The third-order valence-electron chi connectivity index (χ3n) is 5.08. The molecule has 0 spiro atoms.